The molecule has 0 fully saturated rings. The van der Waals surface area contributed by atoms with Crippen molar-refractivity contribution in [2.24, 2.45) is 5.92 Å². The van der Waals surface area contributed by atoms with Gasteiger partial charge in [-0.2, -0.15) is 0 Å². The quantitative estimate of drug-likeness (QED) is 0.689. The predicted octanol–water partition coefficient (Wildman–Crippen LogP) is 1.29. The Labute approximate surface area is 108 Å². The summed E-state index contributed by atoms with van der Waals surface area (Å²) in [5.74, 6) is 0.0174. The second-order valence-corrected chi connectivity index (χ2v) is 5.24. The van der Waals surface area contributed by atoms with Gasteiger partial charge in [0, 0.05) is 18.8 Å². The molecule has 0 aliphatic heterocycles. The van der Waals surface area contributed by atoms with E-state index in [4.69, 9.17) is 10.8 Å². The molecule has 18 heavy (non-hydrogen) atoms. The highest BCUT2D eigenvalue weighted by Gasteiger charge is 2.29. The summed E-state index contributed by atoms with van der Waals surface area (Å²) in [7, 11) is 0. The van der Waals surface area contributed by atoms with Crippen LogP contribution < -0.4 is 11.1 Å². The van der Waals surface area contributed by atoms with Crippen molar-refractivity contribution in [1.29, 1.82) is 0 Å². The number of aliphatic hydroxyl groups excluding tert-OH is 1. The number of hydrogen-bond acceptors (Lipinski definition) is 3. The predicted molar refractivity (Wildman–Crippen MR) is 73.1 cm³/mol. The van der Waals surface area contributed by atoms with Gasteiger partial charge in [-0.1, -0.05) is 19.1 Å². The lowest BCUT2D eigenvalue weighted by molar-refractivity contribution is -0.125. The first kappa shape index (κ1) is 14.5. The molecule has 4 heteroatoms. The Hall–Kier alpha value is -1.55. The van der Waals surface area contributed by atoms with Gasteiger partial charge in [0.1, 0.15) is 0 Å². The fourth-order valence-corrected chi connectivity index (χ4v) is 1.58. The fraction of sp³-hybridized carbons (Fsp3) is 0.500. The smallest absolute Gasteiger partial charge is 0.230 e. The van der Waals surface area contributed by atoms with E-state index in [0.29, 0.717) is 12.2 Å². The van der Waals surface area contributed by atoms with Crippen molar-refractivity contribution < 1.29 is 9.90 Å². The van der Waals surface area contributed by atoms with Gasteiger partial charge in [-0.25, -0.2) is 0 Å². The molecule has 1 aromatic carbocycles. The van der Waals surface area contributed by atoms with E-state index in [0.717, 1.165) is 5.56 Å². The van der Waals surface area contributed by atoms with Crippen LogP contribution in [0.25, 0.3) is 0 Å². The highest BCUT2D eigenvalue weighted by Crippen LogP contribution is 2.24. The number of nitrogens with one attached hydrogen (secondary N) is 1. The van der Waals surface area contributed by atoms with E-state index in [1.54, 1.807) is 12.1 Å². The van der Waals surface area contributed by atoms with Crippen molar-refractivity contribution in [3.05, 3.63) is 29.8 Å². The van der Waals surface area contributed by atoms with E-state index >= 15 is 0 Å². The van der Waals surface area contributed by atoms with Crippen LogP contribution >= 0.6 is 0 Å². The van der Waals surface area contributed by atoms with Gasteiger partial charge in [-0.3, -0.25) is 4.79 Å². The minimum absolute atomic E-state index is 0.0485. The maximum Gasteiger partial charge on any atom is 0.230 e. The van der Waals surface area contributed by atoms with Crippen LogP contribution in [0.1, 0.15) is 26.3 Å². The number of amides is 1. The zero-order chi connectivity index (χ0) is 13.8. The Morgan fingerprint density at radius 1 is 1.39 bits per heavy atom. The summed E-state index contributed by atoms with van der Waals surface area (Å²) in [6.45, 7) is 6.18. The van der Waals surface area contributed by atoms with Crippen LogP contribution in [0.4, 0.5) is 5.69 Å². The van der Waals surface area contributed by atoms with Crippen molar-refractivity contribution >= 4 is 11.6 Å². The Morgan fingerprint density at radius 3 is 2.44 bits per heavy atom. The average molecular weight is 250 g/mol. The number of hydrogen-bond donors (Lipinski definition) is 3. The topological polar surface area (TPSA) is 75.3 Å². The average Bonchev–Trinajstić information content (AvgIpc) is 2.35. The monoisotopic (exact) mass is 250 g/mol. The van der Waals surface area contributed by atoms with Gasteiger partial charge in [0.25, 0.3) is 0 Å². The number of nitrogens with two attached hydrogens (primary N) is 1. The summed E-state index contributed by atoms with van der Waals surface area (Å²) in [6, 6.07) is 7.32. The molecule has 0 bridgehead atoms. The highest BCUT2D eigenvalue weighted by atomic mass is 16.3. The maximum absolute atomic E-state index is 12.1. The van der Waals surface area contributed by atoms with Gasteiger partial charge in [0.2, 0.25) is 5.91 Å². The molecule has 4 nitrogen and oxygen atoms in total. The van der Waals surface area contributed by atoms with E-state index in [2.05, 4.69) is 5.32 Å². The van der Waals surface area contributed by atoms with Crippen molar-refractivity contribution in [3.63, 3.8) is 0 Å². The van der Waals surface area contributed by atoms with Crippen LogP contribution in [0.2, 0.25) is 0 Å². The molecule has 1 atom stereocenters. The summed E-state index contributed by atoms with van der Waals surface area (Å²) in [4.78, 5) is 12.1. The maximum atomic E-state index is 12.1. The molecule has 0 saturated heterocycles. The fourth-order valence-electron chi connectivity index (χ4n) is 1.58. The van der Waals surface area contributed by atoms with Crippen molar-refractivity contribution in [2.75, 3.05) is 18.9 Å². The third-order valence-corrected chi connectivity index (χ3v) is 3.12. The first-order valence-electron chi connectivity index (χ1n) is 6.13. The third-order valence-electron chi connectivity index (χ3n) is 3.12. The first-order chi connectivity index (χ1) is 8.37. The standard InChI is InChI=1S/C14H22N2O2/c1-10(9-17)8-16-13(18)14(2,3)11-4-6-12(15)7-5-11/h4-7,10,17H,8-9,15H2,1-3H3,(H,16,18). The molecule has 100 valence electrons. The van der Waals surface area contributed by atoms with Gasteiger partial charge < -0.3 is 16.2 Å². The van der Waals surface area contributed by atoms with Crippen molar-refractivity contribution in [2.45, 2.75) is 26.2 Å². The van der Waals surface area contributed by atoms with Crippen molar-refractivity contribution in [1.82, 2.24) is 5.32 Å². The first-order valence-corrected chi connectivity index (χ1v) is 6.13. The molecular weight excluding hydrogens is 228 g/mol. The minimum atomic E-state index is -0.608. The summed E-state index contributed by atoms with van der Waals surface area (Å²) < 4.78 is 0. The summed E-state index contributed by atoms with van der Waals surface area (Å²) in [5.41, 5.74) is 6.63. The molecule has 1 amide bonds. The van der Waals surface area contributed by atoms with Gasteiger partial charge in [-0.15, -0.1) is 0 Å². The van der Waals surface area contributed by atoms with Crippen LogP contribution in [0.5, 0.6) is 0 Å². The van der Waals surface area contributed by atoms with E-state index in [-0.39, 0.29) is 18.4 Å². The number of benzene rings is 1. The largest absolute Gasteiger partial charge is 0.399 e. The molecule has 0 spiro atoms. The summed E-state index contributed by atoms with van der Waals surface area (Å²) >= 11 is 0. The van der Waals surface area contributed by atoms with E-state index in [1.807, 2.05) is 32.9 Å². The molecule has 0 radical (unpaired) electrons. The lowest BCUT2D eigenvalue weighted by atomic mass is 9.83. The summed E-state index contributed by atoms with van der Waals surface area (Å²) in [5, 5.41) is 11.8. The number of anilines is 1. The molecule has 1 unspecified atom stereocenters. The van der Waals surface area contributed by atoms with Crippen LogP contribution in [0.15, 0.2) is 24.3 Å². The molecule has 0 saturated carbocycles. The number of carbonyl (C=O) groups excluding carboxylic acids is 1. The molecular formula is C14H22N2O2. The number of aliphatic hydroxyl groups is 1. The summed E-state index contributed by atoms with van der Waals surface area (Å²) in [6.07, 6.45) is 0. The van der Waals surface area contributed by atoms with E-state index < -0.39 is 5.41 Å². The second-order valence-electron chi connectivity index (χ2n) is 5.24. The Morgan fingerprint density at radius 2 is 1.94 bits per heavy atom. The zero-order valence-electron chi connectivity index (χ0n) is 11.2. The zero-order valence-corrected chi connectivity index (χ0v) is 11.2. The molecule has 0 aliphatic carbocycles. The van der Waals surface area contributed by atoms with Gasteiger partial charge in [0.15, 0.2) is 0 Å². The molecule has 1 aromatic rings. The molecule has 4 N–H and O–H groups in total. The Balaban J connectivity index is 2.73. The van der Waals surface area contributed by atoms with E-state index in [1.165, 1.54) is 0 Å². The molecule has 0 aromatic heterocycles. The molecule has 0 aliphatic rings. The lowest BCUT2D eigenvalue weighted by Crippen LogP contribution is -2.42. The van der Waals surface area contributed by atoms with Crippen molar-refractivity contribution in [3.8, 4) is 0 Å². The van der Waals surface area contributed by atoms with Gasteiger partial charge in [-0.05, 0) is 37.5 Å². The number of carbonyl (C=O) groups is 1. The highest BCUT2D eigenvalue weighted by molar-refractivity contribution is 5.87. The number of rotatable bonds is 5. The normalized spacial score (nSPS) is 13.1. The number of nitrogen functional groups attached to an aromatic ring is 1. The van der Waals surface area contributed by atoms with Gasteiger partial charge in [0.05, 0.1) is 5.41 Å². The van der Waals surface area contributed by atoms with Crippen LogP contribution in [-0.2, 0) is 10.2 Å². The third kappa shape index (κ3) is 3.47. The van der Waals surface area contributed by atoms with E-state index in [9.17, 15) is 4.79 Å². The molecule has 0 heterocycles. The second kappa shape index (κ2) is 5.87. The SMILES string of the molecule is CC(CO)CNC(=O)C(C)(C)c1ccc(N)cc1. The van der Waals surface area contributed by atoms with Gasteiger partial charge >= 0.3 is 0 Å². The Bertz CT molecular complexity index is 399. The van der Waals surface area contributed by atoms with Crippen LogP contribution in [0.3, 0.4) is 0 Å². The molecule has 1 rings (SSSR count). The van der Waals surface area contributed by atoms with Crippen LogP contribution in [-0.4, -0.2) is 24.2 Å². The van der Waals surface area contributed by atoms with Crippen LogP contribution in [0, 0.1) is 5.92 Å². The lowest BCUT2D eigenvalue weighted by Gasteiger charge is -2.25. The minimum Gasteiger partial charge on any atom is -0.399 e. The Kier molecular flexibility index (Phi) is 4.73.